The summed E-state index contributed by atoms with van der Waals surface area (Å²) >= 11 is 0. The Morgan fingerprint density at radius 2 is 2.15 bits per heavy atom. The van der Waals surface area contributed by atoms with Gasteiger partial charge in [-0.2, -0.15) is 5.10 Å². The van der Waals surface area contributed by atoms with Crippen LogP contribution in [0.3, 0.4) is 0 Å². The average molecular weight is 358 g/mol. The molecular formula is C19H23FN4O2. The normalized spacial score (nSPS) is 15.3. The van der Waals surface area contributed by atoms with Crippen LogP contribution in [-0.2, 0) is 13.1 Å². The first-order chi connectivity index (χ1) is 12.5. The van der Waals surface area contributed by atoms with E-state index in [0.717, 1.165) is 18.4 Å². The van der Waals surface area contributed by atoms with E-state index in [1.807, 2.05) is 13.8 Å². The number of hydrogen-bond donors (Lipinski definition) is 1. The van der Waals surface area contributed by atoms with Crippen LogP contribution in [0.25, 0.3) is 0 Å². The third kappa shape index (κ3) is 3.92. The molecule has 0 bridgehead atoms. The lowest BCUT2D eigenvalue weighted by Crippen LogP contribution is -2.32. The van der Waals surface area contributed by atoms with E-state index in [9.17, 15) is 14.0 Å². The van der Waals surface area contributed by atoms with Gasteiger partial charge in [0.15, 0.2) is 5.69 Å². The maximum Gasteiger partial charge on any atom is 0.272 e. The van der Waals surface area contributed by atoms with Crippen molar-refractivity contribution in [3.05, 3.63) is 53.1 Å². The molecule has 1 aromatic carbocycles. The smallest absolute Gasteiger partial charge is 0.272 e. The van der Waals surface area contributed by atoms with Crippen molar-refractivity contribution in [3.63, 3.8) is 0 Å². The summed E-state index contributed by atoms with van der Waals surface area (Å²) in [6, 6.07) is 7.83. The van der Waals surface area contributed by atoms with Crippen LogP contribution in [-0.4, -0.2) is 39.1 Å². The topological polar surface area (TPSA) is 67.2 Å². The number of rotatable bonds is 5. The van der Waals surface area contributed by atoms with Gasteiger partial charge in [-0.25, -0.2) is 4.39 Å². The Labute approximate surface area is 152 Å². The molecule has 0 radical (unpaired) electrons. The molecule has 0 saturated carbocycles. The summed E-state index contributed by atoms with van der Waals surface area (Å²) in [5.41, 5.74) is 1.38. The molecule has 0 saturated heterocycles. The largest absolute Gasteiger partial charge is 0.348 e. The van der Waals surface area contributed by atoms with Crippen LogP contribution >= 0.6 is 0 Å². The van der Waals surface area contributed by atoms with Crippen molar-refractivity contribution in [2.45, 2.75) is 45.8 Å². The highest BCUT2D eigenvalue weighted by molar-refractivity contribution is 5.98. The molecule has 1 aliphatic heterocycles. The fourth-order valence-corrected chi connectivity index (χ4v) is 2.95. The first kappa shape index (κ1) is 18.1. The van der Waals surface area contributed by atoms with E-state index >= 15 is 0 Å². The van der Waals surface area contributed by atoms with Gasteiger partial charge in [-0.3, -0.25) is 14.3 Å². The second-order valence-electron chi connectivity index (χ2n) is 6.63. The van der Waals surface area contributed by atoms with E-state index < -0.39 is 0 Å². The predicted octanol–water partition coefficient (Wildman–Crippen LogP) is 2.60. The predicted molar refractivity (Wildman–Crippen MR) is 95.2 cm³/mol. The minimum Gasteiger partial charge on any atom is -0.348 e. The van der Waals surface area contributed by atoms with Crippen LogP contribution in [0.1, 0.15) is 53.2 Å². The summed E-state index contributed by atoms with van der Waals surface area (Å²) < 4.78 is 15.0. The Morgan fingerprint density at radius 1 is 1.35 bits per heavy atom. The highest BCUT2D eigenvalue weighted by Crippen LogP contribution is 2.17. The van der Waals surface area contributed by atoms with Crippen molar-refractivity contribution in [1.82, 2.24) is 20.0 Å². The first-order valence-corrected chi connectivity index (χ1v) is 8.90. The monoisotopic (exact) mass is 358 g/mol. The van der Waals surface area contributed by atoms with Gasteiger partial charge in [0.1, 0.15) is 11.5 Å². The van der Waals surface area contributed by atoms with Crippen molar-refractivity contribution in [3.8, 4) is 0 Å². The number of amides is 2. The maximum absolute atomic E-state index is 13.4. The second kappa shape index (κ2) is 7.68. The van der Waals surface area contributed by atoms with Crippen LogP contribution in [0.15, 0.2) is 30.3 Å². The molecular weight excluding hydrogens is 335 g/mol. The van der Waals surface area contributed by atoms with Gasteiger partial charge in [0.05, 0.1) is 0 Å². The van der Waals surface area contributed by atoms with Crippen molar-refractivity contribution in [2.24, 2.45) is 0 Å². The summed E-state index contributed by atoms with van der Waals surface area (Å²) in [6.07, 6.45) is 1.54. The number of aryl methyl sites for hydroxylation is 1. The molecule has 138 valence electrons. The SMILES string of the molecule is CCC(C)NC(=O)c1cc2n(n1)CCCN(Cc1cccc(F)c1)C2=O. The van der Waals surface area contributed by atoms with Crippen LogP contribution in [0, 0.1) is 5.82 Å². The zero-order chi connectivity index (χ0) is 18.7. The lowest BCUT2D eigenvalue weighted by molar-refractivity contribution is 0.0745. The molecule has 2 aromatic rings. The number of nitrogens with zero attached hydrogens (tertiary/aromatic N) is 3. The van der Waals surface area contributed by atoms with E-state index in [1.165, 1.54) is 12.1 Å². The summed E-state index contributed by atoms with van der Waals surface area (Å²) in [5.74, 6) is -0.787. The van der Waals surface area contributed by atoms with Crippen LogP contribution in [0.5, 0.6) is 0 Å². The van der Waals surface area contributed by atoms with Gasteiger partial charge in [-0.1, -0.05) is 19.1 Å². The van der Waals surface area contributed by atoms with Gasteiger partial charge in [0.25, 0.3) is 11.8 Å². The number of halogens is 1. The molecule has 3 rings (SSSR count). The minimum absolute atomic E-state index is 0.0455. The molecule has 1 aromatic heterocycles. The van der Waals surface area contributed by atoms with Crippen molar-refractivity contribution in [2.75, 3.05) is 6.54 Å². The Hall–Kier alpha value is -2.70. The van der Waals surface area contributed by atoms with E-state index in [4.69, 9.17) is 0 Å². The molecule has 6 nitrogen and oxygen atoms in total. The van der Waals surface area contributed by atoms with Gasteiger partial charge in [0.2, 0.25) is 0 Å². The average Bonchev–Trinajstić information content (AvgIpc) is 2.99. The van der Waals surface area contributed by atoms with Crippen LogP contribution in [0.2, 0.25) is 0 Å². The number of fused-ring (bicyclic) bond motifs is 1. The van der Waals surface area contributed by atoms with Crippen molar-refractivity contribution in [1.29, 1.82) is 0 Å². The standard InChI is InChI=1S/C19H23FN4O2/c1-3-13(2)21-18(25)16-11-17-19(26)23(8-5-9-24(17)22-16)12-14-6-4-7-15(20)10-14/h4,6-7,10-11,13H,3,5,8-9,12H2,1-2H3,(H,21,25). The molecule has 0 fully saturated rings. The molecule has 1 atom stereocenters. The molecule has 0 aliphatic carbocycles. The van der Waals surface area contributed by atoms with Gasteiger partial charge in [0, 0.05) is 31.7 Å². The van der Waals surface area contributed by atoms with Gasteiger partial charge in [-0.15, -0.1) is 0 Å². The lowest BCUT2D eigenvalue weighted by atomic mass is 10.2. The summed E-state index contributed by atoms with van der Waals surface area (Å²) in [5, 5.41) is 7.16. The molecule has 1 N–H and O–H groups in total. The zero-order valence-electron chi connectivity index (χ0n) is 15.0. The number of nitrogens with one attached hydrogen (secondary N) is 1. The Morgan fingerprint density at radius 3 is 2.88 bits per heavy atom. The van der Waals surface area contributed by atoms with E-state index in [1.54, 1.807) is 27.8 Å². The van der Waals surface area contributed by atoms with Gasteiger partial charge >= 0.3 is 0 Å². The van der Waals surface area contributed by atoms with E-state index in [-0.39, 0.29) is 29.4 Å². The van der Waals surface area contributed by atoms with Gasteiger partial charge < -0.3 is 10.2 Å². The number of hydrogen-bond acceptors (Lipinski definition) is 3. The number of benzene rings is 1. The maximum atomic E-state index is 13.4. The fourth-order valence-electron chi connectivity index (χ4n) is 2.95. The molecule has 1 unspecified atom stereocenters. The summed E-state index contributed by atoms with van der Waals surface area (Å²) in [7, 11) is 0. The molecule has 2 heterocycles. The number of carbonyl (C=O) groups excluding carboxylic acids is 2. The quantitative estimate of drug-likeness (QED) is 0.893. The molecule has 0 spiro atoms. The third-order valence-electron chi connectivity index (χ3n) is 4.57. The van der Waals surface area contributed by atoms with Crippen LogP contribution in [0.4, 0.5) is 4.39 Å². The Kier molecular flexibility index (Phi) is 5.35. The Bertz CT molecular complexity index is 818. The first-order valence-electron chi connectivity index (χ1n) is 8.90. The number of carbonyl (C=O) groups is 2. The summed E-state index contributed by atoms with van der Waals surface area (Å²) in [6.45, 7) is 5.37. The zero-order valence-corrected chi connectivity index (χ0v) is 15.0. The second-order valence-corrected chi connectivity index (χ2v) is 6.63. The number of aromatic nitrogens is 2. The van der Waals surface area contributed by atoms with E-state index in [2.05, 4.69) is 10.4 Å². The lowest BCUT2D eigenvalue weighted by Gasteiger charge is -2.20. The molecule has 7 heteroatoms. The molecule has 26 heavy (non-hydrogen) atoms. The highest BCUT2D eigenvalue weighted by Gasteiger charge is 2.26. The Balaban J connectivity index is 1.79. The van der Waals surface area contributed by atoms with Crippen LogP contribution < -0.4 is 5.32 Å². The minimum atomic E-state index is -0.321. The highest BCUT2D eigenvalue weighted by atomic mass is 19.1. The van der Waals surface area contributed by atoms with Gasteiger partial charge in [-0.05, 0) is 37.5 Å². The summed E-state index contributed by atoms with van der Waals surface area (Å²) in [4.78, 5) is 26.8. The third-order valence-corrected chi connectivity index (χ3v) is 4.57. The molecule has 2 amide bonds. The van der Waals surface area contributed by atoms with Crippen molar-refractivity contribution < 1.29 is 14.0 Å². The van der Waals surface area contributed by atoms with Crippen molar-refractivity contribution >= 4 is 11.8 Å². The molecule has 1 aliphatic rings. The van der Waals surface area contributed by atoms with E-state index in [0.29, 0.717) is 25.3 Å². The fraction of sp³-hybridized carbons (Fsp3) is 0.421.